The second-order valence-corrected chi connectivity index (χ2v) is 3.55. The number of ether oxygens (including phenoxy) is 1. The number of hydrogen-bond donors (Lipinski definition) is 0. The Labute approximate surface area is 86.3 Å². The van der Waals surface area contributed by atoms with Gasteiger partial charge in [-0.05, 0) is 6.42 Å². The lowest BCUT2D eigenvalue weighted by atomic mass is 10.4. The summed E-state index contributed by atoms with van der Waals surface area (Å²) in [6, 6.07) is 0. The number of hydrogen-bond acceptors (Lipinski definition) is 1. The third kappa shape index (κ3) is 3.14. The molecule has 3 nitrogen and oxygen atoms in total. The average Bonchev–Trinajstić information content (AvgIpc) is 2.54. The SMILES string of the molecule is CCCOCC[n+]1cc(CC)n(C)c1. The van der Waals surface area contributed by atoms with Crippen LogP contribution < -0.4 is 4.57 Å². The Kier molecular flexibility index (Phi) is 4.66. The van der Waals surface area contributed by atoms with Crippen LogP contribution in [0, 0.1) is 0 Å². The van der Waals surface area contributed by atoms with Crippen molar-refractivity contribution in [2.45, 2.75) is 33.2 Å². The van der Waals surface area contributed by atoms with Gasteiger partial charge in [0.2, 0.25) is 6.33 Å². The van der Waals surface area contributed by atoms with Crippen molar-refractivity contribution in [3.05, 3.63) is 18.2 Å². The highest BCUT2D eigenvalue weighted by Gasteiger charge is 2.07. The fourth-order valence-electron chi connectivity index (χ4n) is 1.49. The maximum Gasteiger partial charge on any atom is 0.243 e. The van der Waals surface area contributed by atoms with E-state index in [0.29, 0.717) is 0 Å². The van der Waals surface area contributed by atoms with E-state index >= 15 is 0 Å². The molecule has 1 heterocycles. The quantitative estimate of drug-likeness (QED) is 0.496. The molecule has 0 amide bonds. The zero-order valence-electron chi connectivity index (χ0n) is 9.49. The Hall–Kier alpha value is -0.830. The molecule has 0 spiro atoms. The van der Waals surface area contributed by atoms with E-state index in [2.05, 4.69) is 42.6 Å². The number of imidazole rings is 1. The van der Waals surface area contributed by atoms with Crippen molar-refractivity contribution >= 4 is 0 Å². The first-order chi connectivity index (χ1) is 6.77. The summed E-state index contributed by atoms with van der Waals surface area (Å²) in [5, 5.41) is 0. The third-order valence-electron chi connectivity index (χ3n) is 2.29. The van der Waals surface area contributed by atoms with Crippen LogP contribution in [0.1, 0.15) is 26.0 Å². The zero-order valence-corrected chi connectivity index (χ0v) is 9.49. The first-order valence-electron chi connectivity index (χ1n) is 5.40. The van der Waals surface area contributed by atoms with Crippen LogP contribution in [0.25, 0.3) is 0 Å². The van der Waals surface area contributed by atoms with Crippen LogP contribution >= 0.6 is 0 Å². The highest BCUT2D eigenvalue weighted by molar-refractivity contribution is 4.91. The third-order valence-corrected chi connectivity index (χ3v) is 2.29. The highest BCUT2D eigenvalue weighted by atomic mass is 16.5. The van der Waals surface area contributed by atoms with Gasteiger partial charge in [-0.25, -0.2) is 9.13 Å². The lowest BCUT2D eigenvalue weighted by molar-refractivity contribution is -0.698. The lowest BCUT2D eigenvalue weighted by Gasteiger charge is -1.98. The first-order valence-corrected chi connectivity index (χ1v) is 5.40. The van der Waals surface area contributed by atoms with Crippen molar-refractivity contribution < 1.29 is 9.30 Å². The molecular weight excluding hydrogens is 176 g/mol. The van der Waals surface area contributed by atoms with Crippen LogP contribution in [0.3, 0.4) is 0 Å². The Morgan fingerprint density at radius 2 is 2.14 bits per heavy atom. The average molecular weight is 197 g/mol. The molecule has 14 heavy (non-hydrogen) atoms. The Bertz CT molecular complexity index is 268. The molecule has 0 radical (unpaired) electrons. The molecule has 1 rings (SSSR count). The van der Waals surface area contributed by atoms with Gasteiger partial charge in [-0.1, -0.05) is 13.8 Å². The van der Waals surface area contributed by atoms with Crippen LogP contribution in [0.2, 0.25) is 0 Å². The maximum atomic E-state index is 5.44. The van der Waals surface area contributed by atoms with E-state index in [-0.39, 0.29) is 0 Å². The molecule has 80 valence electrons. The summed E-state index contributed by atoms with van der Waals surface area (Å²) >= 11 is 0. The van der Waals surface area contributed by atoms with E-state index in [9.17, 15) is 0 Å². The minimum absolute atomic E-state index is 0.811. The van der Waals surface area contributed by atoms with Gasteiger partial charge in [-0.2, -0.15) is 0 Å². The molecule has 0 unspecified atom stereocenters. The maximum absolute atomic E-state index is 5.44. The fourth-order valence-corrected chi connectivity index (χ4v) is 1.49. The first kappa shape index (κ1) is 11.2. The molecule has 0 saturated carbocycles. The smallest absolute Gasteiger partial charge is 0.243 e. The number of nitrogens with zero attached hydrogens (tertiary/aromatic N) is 2. The molecule has 0 aliphatic rings. The van der Waals surface area contributed by atoms with Gasteiger partial charge in [0.25, 0.3) is 0 Å². The monoisotopic (exact) mass is 197 g/mol. The second kappa shape index (κ2) is 5.81. The molecule has 0 saturated heterocycles. The topological polar surface area (TPSA) is 18.0 Å². The molecule has 0 fully saturated rings. The zero-order chi connectivity index (χ0) is 10.4. The van der Waals surface area contributed by atoms with Gasteiger partial charge < -0.3 is 4.74 Å². The molecule has 0 aliphatic heterocycles. The minimum Gasteiger partial charge on any atom is -0.377 e. The second-order valence-electron chi connectivity index (χ2n) is 3.55. The Morgan fingerprint density at radius 3 is 2.71 bits per heavy atom. The summed E-state index contributed by atoms with van der Waals surface area (Å²) in [6.07, 6.45) is 6.49. The lowest BCUT2D eigenvalue weighted by Crippen LogP contribution is -2.33. The minimum atomic E-state index is 0.811. The molecule has 0 bridgehead atoms. The summed E-state index contributed by atoms with van der Waals surface area (Å²) in [6.45, 7) is 6.94. The van der Waals surface area contributed by atoms with Crippen molar-refractivity contribution in [2.75, 3.05) is 13.2 Å². The molecule has 0 atom stereocenters. The van der Waals surface area contributed by atoms with Gasteiger partial charge in [-0.3, -0.25) is 0 Å². The van der Waals surface area contributed by atoms with Crippen molar-refractivity contribution in [1.29, 1.82) is 0 Å². The van der Waals surface area contributed by atoms with Crippen LogP contribution in [0.15, 0.2) is 12.5 Å². The molecule has 0 aromatic carbocycles. The molecule has 0 N–H and O–H groups in total. The van der Waals surface area contributed by atoms with E-state index < -0.39 is 0 Å². The normalized spacial score (nSPS) is 10.8. The summed E-state index contributed by atoms with van der Waals surface area (Å²) < 4.78 is 9.79. The molecule has 3 heteroatoms. The number of aromatic nitrogens is 2. The van der Waals surface area contributed by atoms with Gasteiger partial charge in [0.1, 0.15) is 18.4 Å². The molecule has 1 aromatic heterocycles. The van der Waals surface area contributed by atoms with E-state index in [1.165, 1.54) is 5.69 Å². The van der Waals surface area contributed by atoms with Crippen molar-refractivity contribution in [1.82, 2.24) is 4.57 Å². The predicted molar refractivity (Wildman–Crippen MR) is 56.1 cm³/mol. The Balaban J connectivity index is 2.35. The summed E-state index contributed by atoms with van der Waals surface area (Å²) in [5.74, 6) is 0. The van der Waals surface area contributed by atoms with E-state index in [1.807, 2.05) is 0 Å². The van der Waals surface area contributed by atoms with Gasteiger partial charge in [0, 0.05) is 13.0 Å². The van der Waals surface area contributed by atoms with Crippen LogP contribution in [0.4, 0.5) is 0 Å². The van der Waals surface area contributed by atoms with Crippen molar-refractivity contribution in [3.63, 3.8) is 0 Å². The van der Waals surface area contributed by atoms with Crippen molar-refractivity contribution in [2.24, 2.45) is 7.05 Å². The van der Waals surface area contributed by atoms with Crippen molar-refractivity contribution in [3.8, 4) is 0 Å². The Morgan fingerprint density at radius 1 is 1.36 bits per heavy atom. The summed E-state index contributed by atoms with van der Waals surface area (Å²) in [7, 11) is 2.09. The number of aryl methyl sites for hydroxylation is 2. The fraction of sp³-hybridized carbons (Fsp3) is 0.727. The largest absolute Gasteiger partial charge is 0.377 e. The van der Waals surface area contributed by atoms with Gasteiger partial charge in [0.15, 0.2) is 0 Å². The standard InChI is InChI=1S/C11H21N2O/c1-4-7-14-8-6-13-9-11(5-2)12(3)10-13/h9-10H,4-8H2,1-3H3/q+1. The summed E-state index contributed by atoms with van der Waals surface area (Å²) in [5.41, 5.74) is 1.36. The van der Waals surface area contributed by atoms with Crippen LogP contribution in [0.5, 0.6) is 0 Å². The molecular formula is C11H21N2O+. The van der Waals surface area contributed by atoms with E-state index in [0.717, 1.165) is 32.6 Å². The van der Waals surface area contributed by atoms with E-state index in [4.69, 9.17) is 4.74 Å². The summed E-state index contributed by atoms with van der Waals surface area (Å²) in [4.78, 5) is 0. The van der Waals surface area contributed by atoms with Crippen LogP contribution in [-0.2, 0) is 24.8 Å². The predicted octanol–water partition coefficient (Wildman–Crippen LogP) is 1.30. The van der Waals surface area contributed by atoms with Gasteiger partial charge in [-0.15, -0.1) is 0 Å². The molecule has 0 aliphatic carbocycles. The van der Waals surface area contributed by atoms with E-state index in [1.54, 1.807) is 0 Å². The molecule has 1 aromatic rings. The van der Waals surface area contributed by atoms with Gasteiger partial charge >= 0.3 is 0 Å². The van der Waals surface area contributed by atoms with Crippen LogP contribution in [-0.4, -0.2) is 17.8 Å². The highest BCUT2D eigenvalue weighted by Crippen LogP contribution is 1.94. The van der Waals surface area contributed by atoms with Gasteiger partial charge in [0.05, 0.1) is 13.7 Å². The number of rotatable bonds is 6.